The molecular formula is C18H18FNO3. The average Bonchev–Trinajstić information content (AvgIpc) is 2.54. The van der Waals surface area contributed by atoms with Gasteiger partial charge in [0.1, 0.15) is 11.6 Å². The van der Waals surface area contributed by atoms with Crippen LogP contribution in [0.5, 0.6) is 5.75 Å². The highest BCUT2D eigenvalue weighted by atomic mass is 19.1. The lowest BCUT2D eigenvalue weighted by Crippen LogP contribution is -2.10. The van der Waals surface area contributed by atoms with E-state index in [0.717, 1.165) is 0 Å². The predicted octanol–water partition coefficient (Wildman–Crippen LogP) is 3.37. The van der Waals surface area contributed by atoms with E-state index in [1.54, 1.807) is 42.5 Å². The van der Waals surface area contributed by atoms with Crippen molar-refractivity contribution < 1.29 is 19.0 Å². The molecule has 0 bridgehead atoms. The minimum absolute atomic E-state index is 0.164. The Kier molecular flexibility index (Phi) is 5.88. The molecule has 2 aromatic rings. The van der Waals surface area contributed by atoms with Crippen molar-refractivity contribution in [3.8, 4) is 5.75 Å². The minimum atomic E-state index is -0.314. The Labute approximate surface area is 134 Å². The highest BCUT2D eigenvalue weighted by molar-refractivity contribution is 5.92. The molecule has 0 saturated heterocycles. The van der Waals surface area contributed by atoms with Gasteiger partial charge in [-0.05, 0) is 35.9 Å². The Bertz CT molecular complexity index is 713. The van der Waals surface area contributed by atoms with E-state index in [2.05, 4.69) is 5.32 Å². The first-order valence-corrected chi connectivity index (χ1v) is 7.12. The second-order valence-electron chi connectivity index (χ2n) is 4.89. The van der Waals surface area contributed by atoms with Crippen LogP contribution in [0.3, 0.4) is 0 Å². The van der Waals surface area contributed by atoms with E-state index in [1.807, 2.05) is 0 Å². The molecule has 0 heterocycles. The van der Waals surface area contributed by atoms with Gasteiger partial charge in [0.25, 0.3) is 0 Å². The first kappa shape index (κ1) is 16.7. The van der Waals surface area contributed by atoms with E-state index in [-0.39, 0.29) is 24.8 Å². The molecule has 0 unspecified atom stereocenters. The Morgan fingerprint density at radius 2 is 2.13 bits per heavy atom. The third-order valence-electron chi connectivity index (χ3n) is 3.20. The number of hydrogen-bond acceptors (Lipinski definition) is 3. The smallest absolute Gasteiger partial charge is 0.228 e. The molecule has 0 saturated carbocycles. The van der Waals surface area contributed by atoms with Crippen molar-refractivity contribution >= 4 is 17.7 Å². The standard InChI is InChI=1S/C18H18FNO3/c1-23-17-9-8-16(11-14(17)12-21)20-18(22)7-3-5-13-4-2-6-15(19)10-13/h2-6,8-11,21H,7,12H2,1H3,(H,20,22)/b5-3+. The van der Waals surface area contributed by atoms with Crippen LogP contribution in [-0.4, -0.2) is 18.1 Å². The summed E-state index contributed by atoms with van der Waals surface area (Å²) in [5.41, 5.74) is 1.88. The molecule has 120 valence electrons. The largest absolute Gasteiger partial charge is 0.496 e. The number of benzene rings is 2. The number of nitrogens with one attached hydrogen (secondary N) is 1. The SMILES string of the molecule is COc1ccc(NC(=O)C/C=C/c2cccc(F)c2)cc1CO. The van der Waals surface area contributed by atoms with Crippen LogP contribution in [0.2, 0.25) is 0 Å². The van der Waals surface area contributed by atoms with Gasteiger partial charge in [0, 0.05) is 17.7 Å². The summed E-state index contributed by atoms with van der Waals surface area (Å²) in [7, 11) is 1.52. The molecule has 0 aliphatic heterocycles. The predicted molar refractivity (Wildman–Crippen MR) is 87.6 cm³/mol. The van der Waals surface area contributed by atoms with Gasteiger partial charge >= 0.3 is 0 Å². The van der Waals surface area contributed by atoms with E-state index >= 15 is 0 Å². The van der Waals surface area contributed by atoms with E-state index < -0.39 is 0 Å². The fourth-order valence-corrected chi connectivity index (χ4v) is 2.10. The molecule has 5 heteroatoms. The van der Waals surface area contributed by atoms with Gasteiger partial charge < -0.3 is 15.2 Å². The maximum Gasteiger partial charge on any atom is 0.228 e. The Balaban J connectivity index is 1.94. The van der Waals surface area contributed by atoms with Crippen molar-refractivity contribution in [2.75, 3.05) is 12.4 Å². The molecule has 2 N–H and O–H groups in total. The third kappa shape index (κ3) is 4.93. The number of hydrogen-bond donors (Lipinski definition) is 2. The quantitative estimate of drug-likeness (QED) is 0.859. The maximum absolute atomic E-state index is 13.0. The average molecular weight is 315 g/mol. The van der Waals surface area contributed by atoms with Gasteiger partial charge in [-0.1, -0.05) is 24.3 Å². The molecule has 0 aromatic heterocycles. The summed E-state index contributed by atoms with van der Waals surface area (Å²) in [5.74, 6) is 0.0505. The number of aliphatic hydroxyl groups is 1. The Morgan fingerprint density at radius 1 is 1.30 bits per heavy atom. The summed E-state index contributed by atoms with van der Waals surface area (Å²) in [4.78, 5) is 11.9. The molecule has 0 atom stereocenters. The van der Waals surface area contributed by atoms with Gasteiger partial charge in [-0.2, -0.15) is 0 Å². The second-order valence-corrected chi connectivity index (χ2v) is 4.89. The number of rotatable bonds is 6. The van der Waals surface area contributed by atoms with E-state index in [9.17, 15) is 14.3 Å². The molecular weight excluding hydrogens is 297 g/mol. The van der Waals surface area contributed by atoms with Gasteiger partial charge in [-0.3, -0.25) is 4.79 Å². The molecule has 1 amide bonds. The molecule has 2 aromatic carbocycles. The van der Waals surface area contributed by atoms with Gasteiger partial charge in [-0.25, -0.2) is 4.39 Å². The van der Waals surface area contributed by atoms with Crippen molar-refractivity contribution in [1.29, 1.82) is 0 Å². The van der Waals surface area contributed by atoms with Crippen LogP contribution in [0.4, 0.5) is 10.1 Å². The summed E-state index contributed by atoms with van der Waals surface area (Å²) in [6.45, 7) is -0.174. The fourth-order valence-electron chi connectivity index (χ4n) is 2.10. The van der Waals surface area contributed by atoms with E-state index in [4.69, 9.17) is 4.74 Å². The zero-order valence-electron chi connectivity index (χ0n) is 12.8. The Morgan fingerprint density at radius 3 is 2.83 bits per heavy atom. The molecule has 0 aliphatic rings. The van der Waals surface area contributed by atoms with Crippen LogP contribution in [0.25, 0.3) is 6.08 Å². The monoisotopic (exact) mass is 315 g/mol. The topological polar surface area (TPSA) is 58.6 Å². The fraction of sp³-hybridized carbons (Fsp3) is 0.167. The number of ether oxygens (including phenoxy) is 1. The lowest BCUT2D eigenvalue weighted by molar-refractivity contribution is -0.115. The first-order valence-electron chi connectivity index (χ1n) is 7.12. The van der Waals surface area contributed by atoms with Crippen LogP contribution in [-0.2, 0) is 11.4 Å². The molecule has 0 aliphatic carbocycles. The number of carbonyl (C=O) groups is 1. The zero-order valence-corrected chi connectivity index (χ0v) is 12.8. The van der Waals surface area contributed by atoms with Crippen LogP contribution in [0.1, 0.15) is 17.5 Å². The van der Waals surface area contributed by atoms with E-state index in [0.29, 0.717) is 22.6 Å². The summed E-state index contributed by atoms with van der Waals surface area (Å²) >= 11 is 0. The highest BCUT2D eigenvalue weighted by Crippen LogP contribution is 2.22. The lowest BCUT2D eigenvalue weighted by Gasteiger charge is -2.09. The number of halogens is 1. The van der Waals surface area contributed by atoms with Gasteiger partial charge in [0.2, 0.25) is 5.91 Å². The van der Waals surface area contributed by atoms with Crippen molar-refractivity contribution in [2.24, 2.45) is 0 Å². The number of aliphatic hydroxyl groups excluding tert-OH is 1. The molecule has 4 nitrogen and oxygen atoms in total. The van der Waals surface area contributed by atoms with Crippen molar-refractivity contribution in [1.82, 2.24) is 0 Å². The highest BCUT2D eigenvalue weighted by Gasteiger charge is 2.05. The maximum atomic E-state index is 13.0. The Hall–Kier alpha value is -2.66. The number of anilines is 1. The molecule has 23 heavy (non-hydrogen) atoms. The van der Waals surface area contributed by atoms with Crippen LogP contribution >= 0.6 is 0 Å². The summed E-state index contributed by atoms with van der Waals surface area (Å²) in [5, 5.41) is 12.0. The van der Waals surface area contributed by atoms with Gasteiger partial charge in [0.15, 0.2) is 0 Å². The van der Waals surface area contributed by atoms with Gasteiger partial charge in [0.05, 0.1) is 13.7 Å². The second kappa shape index (κ2) is 8.10. The summed E-state index contributed by atoms with van der Waals surface area (Å²) in [6, 6.07) is 11.2. The molecule has 0 fully saturated rings. The molecule has 2 rings (SSSR count). The van der Waals surface area contributed by atoms with Crippen molar-refractivity contribution in [3.63, 3.8) is 0 Å². The van der Waals surface area contributed by atoms with Crippen molar-refractivity contribution in [2.45, 2.75) is 13.0 Å². The number of carbonyl (C=O) groups excluding carboxylic acids is 1. The molecule has 0 spiro atoms. The summed E-state index contributed by atoms with van der Waals surface area (Å²) < 4.78 is 18.1. The van der Waals surface area contributed by atoms with Gasteiger partial charge in [-0.15, -0.1) is 0 Å². The molecule has 0 radical (unpaired) electrons. The normalized spacial score (nSPS) is 10.7. The summed E-state index contributed by atoms with van der Waals surface area (Å²) in [6.07, 6.45) is 3.52. The number of methoxy groups -OCH3 is 1. The third-order valence-corrected chi connectivity index (χ3v) is 3.20. The van der Waals surface area contributed by atoms with Crippen molar-refractivity contribution in [3.05, 3.63) is 65.5 Å². The van der Waals surface area contributed by atoms with Crippen LogP contribution < -0.4 is 10.1 Å². The van der Waals surface area contributed by atoms with Crippen LogP contribution in [0, 0.1) is 5.82 Å². The van der Waals surface area contributed by atoms with E-state index in [1.165, 1.54) is 19.2 Å². The van der Waals surface area contributed by atoms with Crippen LogP contribution in [0.15, 0.2) is 48.5 Å². The zero-order chi connectivity index (χ0) is 16.7. The minimum Gasteiger partial charge on any atom is -0.496 e. The number of amides is 1. The lowest BCUT2D eigenvalue weighted by atomic mass is 10.1. The first-order chi connectivity index (χ1) is 11.1.